The van der Waals surface area contributed by atoms with E-state index in [4.69, 9.17) is 10.5 Å². The van der Waals surface area contributed by atoms with Gasteiger partial charge < -0.3 is 10.5 Å². The first-order valence-corrected chi connectivity index (χ1v) is 7.09. The van der Waals surface area contributed by atoms with E-state index in [0.717, 1.165) is 29.3 Å². The molecule has 100 valence electrons. The number of hydrogen-bond donors (Lipinski definition) is 1. The SMILES string of the molecule is COC1(CC(N)Cc2cc(F)ccc2Br)CCC1. The summed E-state index contributed by atoms with van der Waals surface area (Å²) in [6.07, 6.45) is 4.89. The first-order chi connectivity index (χ1) is 8.54. The second-order valence-corrected chi connectivity index (χ2v) is 6.00. The molecular weight excluding hydrogens is 297 g/mol. The van der Waals surface area contributed by atoms with Crippen LogP contribution in [0.5, 0.6) is 0 Å². The summed E-state index contributed by atoms with van der Waals surface area (Å²) >= 11 is 3.43. The standard InChI is InChI=1S/C14H19BrFNO/c1-18-14(5-2-6-14)9-12(17)8-10-7-11(16)3-4-13(10)15/h3-4,7,12H,2,5-6,8-9,17H2,1H3. The summed E-state index contributed by atoms with van der Waals surface area (Å²) < 4.78 is 19.7. The highest BCUT2D eigenvalue weighted by Gasteiger charge is 2.38. The topological polar surface area (TPSA) is 35.2 Å². The molecular formula is C14H19BrFNO. The zero-order valence-corrected chi connectivity index (χ0v) is 12.2. The van der Waals surface area contributed by atoms with Crippen molar-refractivity contribution in [1.29, 1.82) is 0 Å². The maximum atomic E-state index is 13.2. The molecule has 1 aromatic rings. The Hall–Kier alpha value is -0.450. The van der Waals surface area contributed by atoms with E-state index in [9.17, 15) is 4.39 Å². The lowest BCUT2D eigenvalue weighted by atomic mass is 9.75. The third-order valence-electron chi connectivity index (χ3n) is 3.82. The summed E-state index contributed by atoms with van der Waals surface area (Å²) in [5, 5.41) is 0. The Morgan fingerprint density at radius 3 is 2.78 bits per heavy atom. The molecule has 2 rings (SSSR count). The van der Waals surface area contributed by atoms with Gasteiger partial charge >= 0.3 is 0 Å². The van der Waals surface area contributed by atoms with Gasteiger partial charge in [0.15, 0.2) is 0 Å². The van der Waals surface area contributed by atoms with Crippen LogP contribution in [-0.2, 0) is 11.2 Å². The molecule has 0 radical (unpaired) electrons. The van der Waals surface area contributed by atoms with E-state index in [1.807, 2.05) is 0 Å². The highest BCUT2D eigenvalue weighted by atomic mass is 79.9. The minimum Gasteiger partial charge on any atom is -0.378 e. The highest BCUT2D eigenvalue weighted by molar-refractivity contribution is 9.10. The monoisotopic (exact) mass is 315 g/mol. The lowest BCUT2D eigenvalue weighted by Crippen LogP contribution is -2.45. The van der Waals surface area contributed by atoms with Crippen molar-refractivity contribution in [3.63, 3.8) is 0 Å². The van der Waals surface area contributed by atoms with Crippen molar-refractivity contribution in [3.05, 3.63) is 34.1 Å². The van der Waals surface area contributed by atoms with E-state index in [1.54, 1.807) is 19.2 Å². The van der Waals surface area contributed by atoms with Gasteiger partial charge in [-0.05, 0) is 55.9 Å². The number of benzene rings is 1. The summed E-state index contributed by atoms with van der Waals surface area (Å²) in [4.78, 5) is 0. The van der Waals surface area contributed by atoms with Crippen molar-refractivity contribution in [2.75, 3.05) is 7.11 Å². The second kappa shape index (κ2) is 5.68. The third kappa shape index (κ3) is 3.11. The number of methoxy groups -OCH3 is 1. The summed E-state index contributed by atoms with van der Waals surface area (Å²) in [6, 6.07) is 4.72. The molecule has 1 unspecified atom stereocenters. The van der Waals surface area contributed by atoms with Crippen LogP contribution in [0.25, 0.3) is 0 Å². The number of ether oxygens (including phenoxy) is 1. The van der Waals surface area contributed by atoms with E-state index < -0.39 is 0 Å². The van der Waals surface area contributed by atoms with Crippen molar-refractivity contribution >= 4 is 15.9 Å². The fourth-order valence-corrected chi connectivity index (χ4v) is 3.00. The van der Waals surface area contributed by atoms with Crippen LogP contribution in [0.3, 0.4) is 0 Å². The van der Waals surface area contributed by atoms with Crippen molar-refractivity contribution in [2.24, 2.45) is 5.73 Å². The summed E-state index contributed by atoms with van der Waals surface area (Å²) in [5.41, 5.74) is 7.07. The lowest BCUT2D eigenvalue weighted by molar-refractivity contribution is -0.0813. The largest absolute Gasteiger partial charge is 0.378 e. The number of hydrogen-bond acceptors (Lipinski definition) is 2. The Morgan fingerprint density at radius 2 is 2.22 bits per heavy atom. The van der Waals surface area contributed by atoms with Gasteiger partial charge in [-0.3, -0.25) is 0 Å². The Kier molecular flexibility index (Phi) is 4.41. The van der Waals surface area contributed by atoms with Crippen LogP contribution in [0, 0.1) is 5.82 Å². The van der Waals surface area contributed by atoms with Crippen molar-refractivity contribution in [2.45, 2.75) is 43.7 Å². The Morgan fingerprint density at radius 1 is 1.50 bits per heavy atom. The number of nitrogens with two attached hydrogens (primary N) is 1. The second-order valence-electron chi connectivity index (χ2n) is 5.14. The van der Waals surface area contributed by atoms with Crippen LogP contribution in [0.15, 0.2) is 22.7 Å². The van der Waals surface area contributed by atoms with E-state index in [0.29, 0.717) is 6.42 Å². The molecule has 0 amide bonds. The highest BCUT2D eigenvalue weighted by Crippen LogP contribution is 2.39. The molecule has 0 saturated heterocycles. The molecule has 1 aromatic carbocycles. The van der Waals surface area contributed by atoms with Crippen LogP contribution in [-0.4, -0.2) is 18.8 Å². The molecule has 0 spiro atoms. The first kappa shape index (κ1) is 14.0. The Labute approximate surface area is 116 Å². The molecule has 1 fully saturated rings. The smallest absolute Gasteiger partial charge is 0.123 e. The van der Waals surface area contributed by atoms with Crippen LogP contribution >= 0.6 is 15.9 Å². The van der Waals surface area contributed by atoms with Crippen LogP contribution in [0.2, 0.25) is 0 Å². The summed E-state index contributed by atoms with van der Waals surface area (Å²) in [7, 11) is 1.75. The minimum atomic E-state index is -0.217. The molecule has 18 heavy (non-hydrogen) atoms. The van der Waals surface area contributed by atoms with E-state index >= 15 is 0 Å². The third-order valence-corrected chi connectivity index (χ3v) is 4.60. The zero-order valence-electron chi connectivity index (χ0n) is 10.6. The fourth-order valence-electron chi connectivity index (χ4n) is 2.59. The molecule has 4 heteroatoms. The van der Waals surface area contributed by atoms with Gasteiger partial charge in [0.1, 0.15) is 5.82 Å². The van der Waals surface area contributed by atoms with Crippen molar-refractivity contribution in [1.82, 2.24) is 0 Å². The zero-order chi connectivity index (χ0) is 13.2. The van der Waals surface area contributed by atoms with Crippen molar-refractivity contribution in [3.8, 4) is 0 Å². The Balaban J connectivity index is 1.98. The van der Waals surface area contributed by atoms with Crippen molar-refractivity contribution < 1.29 is 9.13 Å². The molecule has 1 saturated carbocycles. The number of rotatable bonds is 5. The predicted molar refractivity (Wildman–Crippen MR) is 74.0 cm³/mol. The average Bonchev–Trinajstić information content (AvgIpc) is 2.28. The molecule has 0 aliphatic heterocycles. The summed E-state index contributed by atoms with van der Waals surface area (Å²) in [5.74, 6) is -0.217. The predicted octanol–water partition coefficient (Wildman–Crippen LogP) is 3.42. The van der Waals surface area contributed by atoms with Gasteiger partial charge in [0.05, 0.1) is 5.60 Å². The molecule has 1 aliphatic rings. The van der Waals surface area contributed by atoms with Gasteiger partial charge in [-0.1, -0.05) is 15.9 Å². The molecule has 0 heterocycles. The minimum absolute atomic E-state index is 0.00310. The molecule has 0 bridgehead atoms. The first-order valence-electron chi connectivity index (χ1n) is 6.29. The normalized spacial score (nSPS) is 19.3. The van der Waals surface area contributed by atoms with Gasteiger partial charge in [-0.25, -0.2) is 4.39 Å². The van der Waals surface area contributed by atoms with E-state index in [1.165, 1.54) is 12.5 Å². The molecule has 0 aromatic heterocycles. The van der Waals surface area contributed by atoms with E-state index in [2.05, 4.69) is 15.9 Å². The molecule has 2 nitrogen and oxygen atoms in total. The van der Waals surface area contributed by atoms with Gasteiger partial charge in [-0.2, -0.15) is 0 Å². The van der Waals surface area contributed by atoms with Gasteiger partial charge in [0.2, 0.25) is 0 Å². The Bertz CT molecular complexity index is 415. The molecule has 1 atom stereocenters. The van der Waals surface area contributed by atoms with Gasteiger partial charge in [0, 0.05) is 17.6 Å². The quantitative estimate of drug-likeness (QED) is 0.903. The fraction of sp³-hybridized carbons (Fsp3) is 0.571. The lowest BCUT2D eigenvalue weighted by Gasteiger charge is -2.42. The van der Waals surface area contributed by atoms with Crippen LogP contribution in [0.4, 0.5) is 4.39 Å². The van der Waals surface area contributed by atoms with Gasteiger partial charge in [-0.15, -0.1) is 0 Å². The van der Waals surface area contributed by atoms with Crippen LogP contribution in [0.1, 0.15) is 31.2 Å². The maximum Gasteiger partial charge on any atom is 0.123 e. The van der Waals surface area contributed by atoms with E-state index in [-0.39, 0.29) is 17.5 Å². The summed E-state index contributed by atoms with van der Waals surface area (Å²) in [6.45, 7) is 0. The molecule has 1 aliphatic carbocycles. The average molecular weight is 316 g/mol. The molecule has 2 N–H and O–H groups in total. The van der Waals surface area contributed by atoms with Gasteiger partial charge in [0.25, 0.3) is 0 Å². The maximum absolute atomic E-state index is 13.2. The van der Waals surface area contributed by atoms with Crippen LogP contribution < -0.4 is 5.73 Å². The number of halogens is 2.